The van der Waals surface area contributed by atoms with Gasteiger partial charge in [0.15, 0.2) is 0 Å². The number of nitrogens with zero attached hydrogens (tertiary/aromatic N) is 1. The number of rotatable bonds is 0. The summed E-state index contributed by atoms with van der Waals surface area (Å²) in [5.74, 6) is -0.185. The molecule has 0 bridgehead atoms. The molecule has 0 aromatic heterocycles. The fourth-order valence-electron chi connectivity index (χ4n) is 1.57. The van der Waals surface area contributed by atoms with Crippen molar-refractivity contribution in [3.63, 3.8) is 0 Å². The molecule has 1 aromatic rings. The van der Waals surface area contributed by atoms with E-state index in [2.05, 4.69) is 20.9 Å². The highest BCUT2D eigenvalue weighted by atomic mass is 79.9. The van der Waals surface area contributed by atoms with Crippen molar-refractivity contribution >= 4 is 21.5 Å². The summed E-state index contributed by atoms with van der Waals surface area (Å²) >= 11 is 3.25. The molecule has 0 radical (unpaired) electrons. The van der Waals surface area contributed by atoms with E-state index in [0.717, 1.165) is 15.4 Å². The molecule has 0 amide bonds. The average Bonchev–Trinajstić information content (AvgIpc) is 2.27. The summed E-state index contributed by atoms with van der Waals surface area (Å²) in [4.78, 5) is 4.35. The summed E-state index contributed by atoms with van der Waals surface area (Å²) in [6.45, 7) is 3.90. The molecule has 0 N–H and O–H groups in total. The van der Waals surface area contributed by atoms with Crippen molar-refractivity contribution in [2.75, 3.05) is 0 Å². The number of hydrogen-bond acceptors (Lipinski definition) is 1. The molecule has 1 nitrogen and oxygen atoms in total. The van der Waals surface area contributed by atoms with Crippen molar-refractivity contribution in [2.45, 2.75) is 19.9 Å². The third-order valence-electron chi connectivity index (χ3n) is 2.39. The first-order valence-corrected chi connectivity index (χ1v) is 4.92. The van der Waals surface area contributed by atoms with Gasteiger partial charge in [-0.25, -0.2) is 4.39 Å². The molecular formula is C10H9BrFN. The van der Waals surface area contributed by atoms with Crippen molar-refractivity contribution in [1.29, 1.82) is 0 Å². The van der Waals surface area contributed by atoms with Crippen molar-refractivity contribution in [3.05, 3.63) is 33.0 Å². The Morgan fingerprint density at radius 1 is 1.46 bits per heavy atom. The second-order valence-corrected chi connectivity index (χ2v) is 4.19. The second kappa shape index (κ2) is 2.91. The minimum Gasteiger partial charge on any atom is -0.277 e. The van der Waals surface area contributed by atoms with Crippen LogP contribution >= 0.6 is 15.9 Å². The predicted molar refractivity (Wildman–Crippen MR) is 53.4 cm³/mol. The number of benzene rings is 1. The van der Waals surface area contributed by atoms with Crippen molar-refractivity contribution in [2.24, 2.45) is 4.99 Å². The molecule has 0 fully saturated rings. The van der Waals surface area contributed by atoms with Crippen LogP contribution in [0.5, 0.6) is 0 Å². The molecular weight excluding hydrogens is 233 g/mol. The van der Waals surface area contributed by atoms with Gasteiger partial charge in [0.25, 0.3) is 0 Å². The fourth-order valence-corrected chi connectivity index (χ4v) is 1.98. The predicted octanol–water partition coefficient (Wildman–Crippen LogP) is 1.78. The highest BCUT2D eigenvalue weighted by molar-refractivity contribution is 9.10. The van der Waals surface area contributed by atoms with E-state index in [0.29, 0.717) is 5.22 Å². The maximum atomic E-state index is 13.5. The molecule has 3 heteroatoms. The molecule has 1 heterocycles. The van der Waals surface area contributed by atoms with E-state index in [1.807, 2.05) is 19.9 Å². The molecule has 13 heavy (non-hydrogen) atoms. The van der Waals surface area contributed by atoms with E-state index < -0.39 is 0 Å². The van der Waals surface area contributed by atoms with Crippen LogP contribution in [0.15, 0.2) is 21.6 Å². The normalized spacial score (nSPS) is 20.0. The van der Waals surface area contributed by atoms with Crippen LogP contribution in [0.2, 0.25) is 0 Å². The largest absolute Gasteiger partial charge is 0.277 e. The van der Waals surface area contributed by atoms with Crippen LogP contribution < -0.4 is 10.6 Å². The lowest BCUT2D eigenvalue weighted by Gasteiger charge is -1.98. The van der Waals surface area contributed by atoms with Crippen LogP contribution in [0.3, 0.4) is 0 Å². The van der Waals surface area contributed by atoms with E-state index in [1.54, 1.807) is 0 Å². The van der Waals surface area contributed by atoms with Crippen LogP contribution in [0.25, 0.3) is 5.57 Å². The van der Waals surface area contributed by atoms with Gasteiger partial charge < -0.3 is 0 Å². The van der Waals surface area contributed by atoms with Crippen LogP contribution in [0.1, 0.15) is 13.8 Å². The van der Waals surface area contributed by atoms with E-state index in [4.69, 9.17) is 0 Å². The van der Waals surface area contributed by atoms with Gasteiger partial charge >= 0.3 is 0 Å². The highest BCUT2D eigenvalue weighted by Gasteiger charge is 2.13. The zero-order valence-electron chi connectivity index (χ0n) is 7.44. The molecule has 1 aliphatic heterocycles. The van der Waals surface area contributed by atoms with Crippen molar-refractivity contribution in [1.82, 2.24) is 0 Å². The van der Waals surface area contributed by atoms with E-state index in [1.165, 1.54) is 6.07 Å². The first kappa shape index (κ1) is 8.88. The zero-order valence-corrected chi connectivity index (χ0v) is 9.02. The number of fused-ring (bicyclic) bond motifs is 1. The van der Waals surface area contributed by atoms with Gasteiger partial charge in [-0.05, 0) is 31.6 Å². The molecule has 0 saturated heterocycles. The van der Waals surface area contributed by atoms with Crippen LogP contribution in [-0.2, 0) is 0 Å². The minimum absolute atomic E-state index is 0.110. The van der Waals surface area contributed by atoms with Crippen LogP contribution in [0.4, 0.5) is 4.39 Å². The molecule has 0 aliphatic carbocycles. The van der Waals surface area contributed by atoms with E-state index >= 15 is 0 Å². The third-order valence-corrected chi connectivity index (χ3v) is 2.85. The molecule has 1 aliphatic rings. The summed E-state index contributed by atoms with van der Waals surface area (Å²) in [5, 5.41) is 1.44. The highest BCUT2D eigenvalue weighted by Crippen LogP contribution is 2.11. The van der Waals surface area contributed by atoms with Gasteiger partial charge in [-0.2, -0.15) is 0 Å². The first-order valence-electron chi connectivity index (χ1n) is 4.13. The molecule has 68 valence electrons. The number of halogens is 2. The molecule has 1 unspecified atom stereocenters. The molecule has 1 atom stereocenters. The lowest BCUT2D eigenvalue weighted by atomic mass is 10.1. The topological polar surface area (TPSA) is 12.4 Å². The smallest absolute Gasteiger partial charge is 0.133 e. The van der Waals surface area contributed by atoms with Gasteiger partial charge in [0.1, 0.15) is 5.82 Å². The van der Waals surface area contributed by atoms with Gasteiger partial charge in [0.05, 0.1) is 11.4 Å². The van der Waals surface area contributed by atoms with E-state index in [-0.39, 0.29) is 11.9 Å². The SMILES string of the molecule is CC1=c2c(F)cc(Br)cc2=NC1C. The van der Waals surface area contributed by atoms with Gasteiger partial charge in [-0.3, -0.25) is 4.99 Å². The first-order chi connectivity index (χ1) is 6.09. The Bertz CT molecular complexity index is 478. The summed E-state index contributed by atoms with van der Waals surface area (Å²) in [7, 11) is 0. The van der Waals surface area contributed by atoms with E-state index in [9.17, 15) is 4.39 Å². The molecule has 0 spiro atoms. The standard InChI is InChI=1S/C10H9BrFN/c1-5-6(2)13-9-4-7(11)3-8(12)10(5)9/h3-4,6H,1-2H3. The summed E-state index contributed by atoms with van der Waals surface area (Å²) < 4.78 is 14.2. The summed E-state index contributed by atoms with van der Waals surface area (Å²) in [5.41, 5.74) is 1.01. The fraction of sp³-hybridized carbons (Fsp3) is 0.300. The van der Waals surface area contributed by atoms with Gasteiger partial charge in [0.2, 0.25) is 0 Å². The minimum atomic E-state index is -0.185. The third kappa shape index (κ3) is 1.31. The molecule has 2 rings (SSSR count). The van der Waals surface area contributed by atoms with Gasteiger partial charge in [-0.1, -0.05) is 15.9 Å². The Morgan fingerprint density at radius 3 is 2.85 bits per heavy atom. The Hall–Kier alpha value is -0.700. The maximum Gasteiger partial charge on any atom is 0.133 e. The zero-order chi connectivity index (χ0) is 9.59. The Balaban J connectivity index is 2.93. The van der Waals surface area contributed by atoms with Gasteiger partial charge in [-0.15, -0.1) is 0 Å². The van der Waals surface area contributed by atoms with Crippen molar-refractivity contribution in [3.8, 4) is 0 Å². The maximum absolute atomic E-state index is 13.5. The monoisotopic (exact) mass is 241 g/mol. The Labute approximate surface area is 84.1 Å². The Morgan fingerprint density at radius 2 is 2.15 bits per heavy atom. The molecule has 1 aromatic carbocycles. The second-order valence-electron chi connectivity index (χ2n) is 3.27. The summed E-state index contributed by atoms with van der Waals surface area (Å²) in [6, 6.07) is 3.44. The lowest BCUT2D eigenvalue weighted by molar-refractivity contribution is 0.615. The summed E-state index contributed by atoms with van der Waals surface area (Å²) in [6.07, 6.45) is 0. The van der Waals surface area contributed by atoms with Crippen LogP contribution in [-0.4, -0.2) is 6.04 Å². The average molecular weight is 242 g/mol. The van der Waals surface area contributed by atoms with Crippen LogP contribution in [0, 0.1) is 5.82 Å². The molecule has 0 saturated carbocycles. The lowest BCUT2D eigenvalue weighted by Crippen LogP contribution is -2.26. The Kier molecular flexibility index (Phi) is 1.99. The van der Waals surface area contributed by atoms with Crippen molar-refractivity contribution < 1.29 is 4.39 Å². The number of hydrogen-bond donors (Lipinski definition) is 0. The quantitative estimate of drug-likeness (QED) is 0.657. The van der Waals surface area contributed by atoms with Gasteiger partial charge in [0, 0.05) is 9.69 Å².